The number of nitrogens with two attached hydrogens (primary N) is 1. The van der Waals surface area contributed by atoms with E-state index in [2.05, 4.69) is 9.72 Å². The molecule has 2 rings (SSSR count). The summed E-state index contributed by atoms with van der Waals surface area (Å²) in [6, 6.07) is 3.00. The third-order valence-electron chi connectivity index (χ3n) is 2.67. The summed E-state index contributed by atoms with van der Waals surface area (Å²) in [5.74, 6) is 0.764. The molecule has 2 heterocycles. The van der Waals surface area contributed by atoms with Crippen molar-refractivity contribution in [2.24, 2.45) is 5.73 Å². The summed E-state index contributed by atoms with van der Waals surface area (Å²) >= 11 is 0. The standard InChI is InChI=1S/C11H14F3N3O.ClH/c12-11(13,14)7-18-9-1-3-16-10(5-9)17-4-2-8(15)6-17;/h1,3,5,8H,2,4,6-7,15H2;1H/t8-;/m1./s1. The molecule has 0 amide bonds. The monoisotopic (exact) mass is 297 g/mol. The summed E-state index contributed by atoms with van der Waals surface area (Å²) in [5, 5.41) is 0. The Labute approximate surface area is 115 Å². The Morgan fingerprint density at radius 3 is 2.79 bits per heavy atom. The molecule has 8 heteroatoms. The van der Waals surface area contributed by atoms with Gasteiger partial charge >= 0.3 is 6.18 Å². The van der Waals surface area contributed by atoms with Crippen LogP contribution in [0.1, 0.15) is 6.42 Å². The zero-order valence-corrected chi connectivity index (χ0v) is 10.9. The van der Waals surface area contributed by atoms with E-state index in [-0.39, 0.29) is 24.2 Å². The molecule has 0 radical (unpaired) electrons. The molecule has 1 fully saturated rings. The van der Waals surface area contributed by atoms with Crippen LogP contribution in [0.25, 0.3) is 0 Å². The predicted molar refractivity (Wildman–Crippen MR) is 67.8 cm³/mol. The zero-order valence-electron chi connectivity index (χ0n) is 10.1. The van der Waals surface area contributed by atoms with Crippen molar-refractivity contribution < 1.29 is 17.9 Å². The summed E-state index contributed by atoms with van der Waals surface area (Å²) in [7, 11) is 0. The number of hydrogen-bond acceptors (Lipinski definition) is 4. The Morgan fingerprint density at radius 2 is 2.21 bits per heavy atom. The van der Waals surface area contributed by atoms with E-state index in [4.69, 9.17) is 5.73 Å². The average molecular weight is 298 g/mol. The summed E-state index contributed by atoms with van der Waals surface area (Å²) in [4.78, 5) is 6.05. The average Bonchev–Trinajstić information content (AvgIpc) is 2.73. The van der Waals surface area contributed by atoms with Crippen LogP contribution in [0.3, 0.4) is 0 Å². The second-order valence-corrected chi connectivity index (χ2v) is 4.25. The van der Waals surface area contributed by atoms with Crippen molar-refractivity contribution >= 4 is 18.2 Å². The predicted octanol–water partition coefficient (Wildman–Crippen LogP) is 1.98. The highest BCUT2D eigenvalue weighted by Crippen LogP contribution is 2.23. The molecule has 1 aliphatic rings. The van der Waals surface area contributed by atoms with Crippen LogP contribution in [0.2, 0.25) is 0 Å². The van der Waals surface area contributed by atoms with Gasteiger partial charge in [-0.2, -0.15) is 13.2 Å². The minimum Gasteiger partial charge on any atom is -0.484 e. The second kappa shape index (κ2) is 6.29. The lowest BCUT2D eigenvalue weighted by Crippen LogP contribution is -2.26. The van der Waals surface area contributed by atoms with Gasteiger partial charge in [-0.25, -0.2) is 4.98 Å². The lowest BCUT2D eigenvalue weighted by Gasteiger charge is -2.17. The molecule has 0 saturated carbocycles. The van der Waals surface area contributed by atoms with Gasteiger partial charge in [0.15, 0.2) is 6.61 Å². The summed E-state index contributed by atoms with van der Waals surface area (Å²) in [6.45, 7) is 0.128. The van der Waals surface area contributed by atoms with Gasteiger partial charge in [0.1, 0.15) is 11.6 Å². The highest BCUT2D eigenvalue weighted by Gasteiger charge is 2.28. The normalized spacial score (nSPS) is 19.2. The molecule has 4 nitrogen and oxygen atoms in total. The van der Waals surface area contributed by atoms with Gasteiger partial charge in [-0.05, 0) is 12.5 Å². The quantitative estimate of drug-likeness (QED) is 0.927. The number of nitrogens with zero attached hydrogens (tertiary/aromatic N) is 2. The summed E-state index contributed by atoms with van der Waals surface area (Å²) < 4.78 is 40.8. The number of alkyl halides is 3. The largest absolute Gasteiger partial charge is 0.484 e. The smallest absolute Gasteiger partial charge is 0.422 e. The maximum atomic E-state index is 12.0. The van der Waals surface area contributed by atoms with Gasteiger partial charge in [-0.3, -0.25) is 0 Å². The number of halogens is 4. The Hall–Kier alpha value is -1.21. The first kappa shape index (κ1) is 15.8. The molecule has 0 aliphatic carbocycles. The van der Waals surface area contributed by atoms with Crippen LogP contribution in [0.4, 0.5) is 19.0 Å². The van der Waals surface area contributed by atoms with E-state index in [0.717, 1.165) is 13.0 Å². The van der Waals surface area contributed by atoms with Crippen molar-refractivity contribution in [3.8, 4) is 5.75 Å². The number of aromatic nitrogens is 1. The van der Waals surface area contributed by atoms with Crippen LogP contribution >= 0.6 is 12.4 Å². The van der Waals surface area contributed by atoms with Crippen molar-refractivity contribution in [3.63, 3.8) is 0 Å². The highest BCUT2D eigenvalue weighted by molar-refractivity contribution is 5.85. The Morgan fingerprint density at radius 1 is 1.47 bits per heavy atom. The van der Waals surface area contributed by atoms with E-state index in [1.165, 1.54) is 18.3 Å². The maximum absolute atomic E-state index is 12.0. The lowest BCUT2D eigenvalue weighted by molar-refractivity contribution is -0.153. The first-order chi connectivity index (χ1) is 8.44. The minimum absolute atomic E-state index is 0. The third kappa shape index (κ3) is 4.76. The van der Waals surface area contributed by atoms with Crippen molar-refractivity contribution in [2.45, 2.75) is 18.6 Å². The molecular formula is C11H15ClF3N3O. The van der Waals surface area contributed by atoms with Gasteiger partial charge in [0.2, 0.25) is 0 Å². The highest BCUT2D eigenvalue weighted by atomic mass is 35.5. The first-order valence-corrected chi connectivity index (χ1v) is 5.60. The van der Waals surface area contributed by atoms with Crippen LogP contribution in [0.5, 0.6) is 5.75 Å². The molecule has 0 unspecified atom stereocenters. The third-order valence-corrected chi connectivity index (χ3v) is 2.67. The Balaban J connectivity index is 0.00000180. The molecule has 1 saturated heterocycles. The molecule has 108 valence electrons. The molecule has 1 aromatic rings. The van der Waals surface area contributed by atoms with Gasteiger partial charge in [-0.1, -0.05) is 0 Å². The van der Waals surface area contributed by atoms with E-state index in [1.807, 2.05) is 4.90 Å². The fraction of sp³-hybridized carbons (Fsp3) is 0.545. The van der Waals surface area contributed by atoms with Crippen LogP contribution in [0, 0.1) is 0 Å². The SMILES string of the molecule is Cl.N[C@@H]1CCN(c2cc(OCC(F)(F)F)ccn2)C1. The van der Waals surface area contributed by atoms with Crippen LogP contribution < -0.4 is 15.4 Å². The van der Waals surface area contributed by atoms with Gasteiger partial charge in [0.25, 0.3) is 0 Å². The molecule has 1 aromatic heterocycles. The molecular weight excluding hydrogens is 283 g/mol. The molecule has 1 aliphatic heterocycles. The Kier molecular flexibility index (Phi) is 5.25. The van der Waals surface area contributed by atoms with Crippen LogP contribution in [-0.2, 0) is 0 Å². The minimum atomic E-state index is -4.33. The molecule has 0 aromatic carbocycles. The molecule has 0 bridgehead atoms. The first-order valence-electron chi connectivity index (χ1n) is 5.60. The van der Waals surface area contributed by atoms with Gasteiger partial charge in [-0.15, -0.1) is 12.4 Å². The molecule has 1 atom stereocenters. The van der Waals surface area contributed by atoms with Crippen molar-refractivity contribution in [1.29, 1.82) is 0 Å². The molecule has 19 heavy (non-hydrogen) atoms. The maximum Gasteiger partial charge on any atom is 0.422 e. The van der Waals surface area contributed by atoms with E-state index >= 15 is 0 Å². The number of hydrogen-bond donors (Lipinski definition) is 1. The van der Waals surface area contributed by atoms with Crippen molar-refractivity contribution in [1.82, 2.24) is 4.98 Å². The molecule has 0 spiro atoms. The summed E-state index contributed by atoms with van der Waals surface area (Å²) in [6.07, 6.45) is -2.04. The Bertz CT molecular complexity index is 416. The zero-order chi connectivity index (χ0) is 13.2. The van der Waals surface area contributed by atoms with Gasteiger partial charge in [0, 0.05) is 31.4 Å². The van der Waals surface area contributed by atoms with Crippen LogP contribution in [-0.4, -0.2) is 36.9 Å². The number of rotatable bonds is 3. The lowest BCUT2D eigenvalue weighted by atomic mass is 10.3. The number of ether oxygens (including phenoxy) is 1. The topological polar surface area (TPSA) is 51.4 Å². The van der Waals surface area contributed by atoms with E-state index in [0.29, 0.717) is 12.4 Å². The number of anilines is 1. The van der Waals surface area contributed by atoms with E-state index < -0.39 is 12.8 Å². The van der Waals surface area contributed by atoms with E-state index in [9.17, 15) is 13.2 Å². The van der Waals surface area contributed by atoms with Gasteiger partial charge < -0.3 is 15.4 Å². The van der Waals surface area contributed by atoms with Crippen molar-refractivity contribution in [2.75, 3.05) is 24.6 Å². The fourth-order valence-corrected chi connectivity index (χ4v) is 1.82. The number of pyridine rings is 1. The van der Waals surface area contributed by atoms with Gasteiger partial charge in [0.05, 0.1) is 0 Å². The summed E-state index contributed by atoms with van der Waals surface area (Å²) in [5.41, 5.74) is 5.77. The van der Waals surface area contributed by atoms with Crippen LogP contribution in [0.15, 0.2) is 18.3 Å². The fourth-order valence-electron chi connectivity index (χ4n) is 1.82. The van der Waals surface area contributed by atoms with Crippen molar-refractivity contribution in [3.05, 3.63) is 18.3 Å². The molecule has 2 N–H and O–H groups in total. The second-order valence-electron chi connectivity index (χ2n) is 4.25. The van der Waals surface area contributed by atoms with E-state index in [1.54, 1.807) is 0 Å².